The molecule has 35 heavy (non-hydrogen) atoms. The topological polar surface area (TPSA) is 97.8 Å². The number of ether oxygens (including phenoxy) is 2. The Bertz CT molecular complexity index is 1250. The number of carbonyl (C=O) groups excluding carboxylic acids is 1. The monoisotopic (exact) mass is 513 g/mol. The Morgan fingerprint density at radius 2 is 1.94 bits per heavy atom. The molecule has 2 aliphatic rings. The van der Waals surface area contributed by atoms with E-state index in [1.54, 1.807) is 13.0 Å². The van der Waals surface area contributed by atoms with E-state index in [2.05, 4.69) is 9.71 Å². The van der Waals surface area contributed by atoms with Crippen LogP contribution < -0.4 is 14.2 Å². The van der Waals surface area contributed by atoms with Crippen LogP contribution in [0.1, 0.15) is 31.9 Å². The molecular formula is C23H26F3N3O5S. The highest BCUT2D eigenvalue weighted by Gasteiger charge is 2.58. The molecule has 1 aromatic carbocycles. The summed E-state index contributed by atoms with van der Waals surface area (Å²) in [6.45, 7) is 4.72. The third-order valence-electron chi connectivity index (χ3n) is 6.17. The summed E-state index contributed by atoms with van der Waals surface area (Å²) in [7, 11) is -4.14. The molecule has 0 aliphatic carbocycles. The number of aryl methyl sites for hydroxylation is 1. The molecule has 1 amide bonds. The van der Waals surface area contributed by atoms with Crippen molar-refractivity contribution in [2.45, 2.75) is 63.5 Å². The molecule has 3 heterocycles. The lowest BCUT2D eigenvalue weighted by Crippen LogP contribution is -2.54. The van der Waals surface area contributed by atoms with E-state index in [9.17, 15) is 13.2 Å². The first-order valence-corrected chi connectivity index (χ1v) is 12.6. The van der Waals surface area contributed by atoms with Crippen LogP contribution in [0.25, 0.3) is 0 Å². The van der Waals surface area contributed by atoms with Crippen molar-refractivity contribution < 1.29 is 35.9 Å². The van der Waals surface area contributed by atoms with Gasteiger partial charge in [-0.1, -0.05) is 12.1 Å². The first-order valence-electron chi connectivity index (χ1n) is 11.1. The van der Waals surface area contributed by atoms with Crippen molar-refractivity contribution in [3.63, 3.8) is 0 Å². The maximum Gasteiger partial charge on any atom is 0.283 e. The highest BCUT2D eigenvalue weighted by molar-refractivity contribution is 7.90. The van der Waals surface area contributed by atoms with Gasteiger partial charge in [0.1, 0.15) is 6.04 Å². The number of hydrogen-bond acceptors (Lipinski definition) is 6. The molecule has 1 saturated heterocycles. The fraction of sp³-hybridized carbons (Fsp3) is 0.478. The van der Waals surface area contributed by atoms with Crippen molar-refractivity contribution in [3.8, 4) is 17.5 Å². The SMILES string of the molecule is Cc1ccc2nc1Oc1cccc(c1F)C[C@H]1[C@@H](NS(=O)(=O)C(C)C)C(F)(F)CN1C(=O)[C@H](C)O2. The average Bonchev–Trinajstić information content (AvgIpc) is 3.01. The zero-order chi connectivity index (χ0) is 25.7. The molecule has 0 spiro atoms. The van der Waals surface area contributed by atoms with Crippen LogP contribution in [-0.4, -0.2) is 60.1 Å². The summed E-state index contributed by atoms with van der Waals surface area (Å²) in [4.78, 5) is 18.3. The summed E-state index contributed by atoms with van der Waals surface area (Å²) in [5, 5.41) is -0.992. The van der Waals surface area contributed by atoms with Gasteiger partial charge in [0.2, 0.25) is 21.8 Å². The summed E-state index contributed by atoms with van der Waals surface area (Å²) < 4.78 is 84.2. The fourth-order valence-corrected chi connectivity index (χ4v) is 5.06. The number of aromatic nitrogens is 1. The number of amides is 1. The minimum absolute atomic E-state index is 0.0122. The maximum absolute atomic E-state index is 15.4. The Morgan fingerprint density at radius 3 is 2.63 bits per heavy atom. The molecule has 1 aromatic heterocycles. The Balaban J connectivity index is 1.84. The minimum atomic E-state index is -4.14. The summed E-state index contributed by atoms with van der Waals surface area (Å²) in [6.07, 6.45) is -1.61. The first-order chi connectivity index (χ1) is 16.3. The fourth-order valence-electron chi connectivity index (χ4n) is 4.10. The van der Waals surface area contributed by atoms with Gasteiger partial charge in [0.05, 0.1) is 17.8 Å². The Morgan fingerprint density at radius 1 is 1.23 bits per heavy atom. The van der Waals surface area contributed by atoms with Crippen molar-refractivity contribution >= 4 is 15.9 Å². The lowest BCUT2D eigenvalue weighted by molar-refractivity contribution is -0.140. The second-order valence-electron chi connectivity index (χ2n) is 9.05. The highest BCUT2D eigenvalue weighted by Crippen LogP contribution is 2.38. The zero-order valence-corrected chi connectivity index (χ0v) is 20.4. The molecule has 2 aliphatic heterocycles. The molecule has 1 fully saturated rings. The zero-order valence-electron chi connectivity index (χ0n) is 19.6. The minimum Gasteiger partial charge on any atom is -0.464 e. The van der Waals surface area contributed by atoms with Crippen LogP contribution in [0.3, 0.4) is 0 Å². The van der Waals surface area contributed by atoms with Crippen molar-refractivity contribution in [1.82, 2.24) is 14.6 Å². The molecule has 2 aromatic rings. The van der Waals surface area contributed by atoms with Crippen molar-refractivity contribution in [3.05, 3.63) is 47.3 Å². The molecule has 12 heteroatoms. The van der Waals surface area contributed by atoms with E-state index in [4.69, 9.17) is 9.47 Å². The molecule has 0 radical (unpaired) electrons. The molecule has 4 bridgehead atoms. The largest absolute Gasteiger partial charge is 0.464 e. The maximum atomic E-state index is 15.4. The molecule has 0 unspecified atom stereocenters. The van der Waals surface area contributed by atoms with Crippen molar-refractivity contribution in [1.29, 1.82) is 0 Å². The van der Waals surface area contributed by atoms with Crippen LogP contribution in [0.15, 0.2) is 30.3 Å². The molecular weight excluding hydrogens is 487 g/mol. The quantitative estimate of drug-likeness (QED) is 0.677. The van der Waals surface area contributed by atoms with E-state index in [1.165, 1.54) is 45.0 Å². The standard InChI is InChI=1S/C23H26F3N3O5S/c1-12(2)35(31,32)28-20-16-10-15-6-5-7-17(19(15)24)34-21-13(3)8-9-18(27-21)33-14(4)22(30)29(16)11-23(20,25)26/h5-9,12,14,16,20,28H,10-11H2,1-4H3/t14-,16-,20+/m0/s1. The number of alkyl halides is 2. The smallest absolute Gasteiger partial charge is 0.283 e. The van der Waals surface area contributed by atoms with Crippen LogP contribution in [0.5, 0.6) is 17.5 Å². The van der Waals surface area contributed by atoms with Gasteiger partial charge in [-0.15, -0.1) is 0 Å². The van der Waals surface area contributed by atoms with Gasteiger partial charge in [-0.25, -0.2) is 26.3 Å². The number of hydrogen-bond donors (Lipinski definition) is 1. The van der Waals surface area contributed by atoms with E-state index in [-0.39, 0.29) is 29.5 Å². The van der Waals surface area contributed by atoms with Crippen LogP contribution >= 0.6 is 0 Å². The Labute approximate surface area is 201 Å². The van der Waals surface area contributed by atoms with Crippen LogP contribution in [0.2, 0.25) is 0 Å². The van der Waals surface area contributed by atoms with Gasteiger partial charge >= 0.3 is 0 Å². The predicted molar refractivity (Wildman–Crippen MR) is 121 cm³/mol. The molecule has 4 rings (SSSR count). The number of pyridine rings is 1. The third kappa shape index (κ3) is 4.81. The highest BCUT2D eigenvalue weighted by atomic mass is 32.2. The number of fused-ring (bicyclic) bond motifs is 5. The van der Waals surface area contributed by atoms with E-state index in [0.717, 1.165) is 4.90 Å². The number of nitrogens with zero attached hydrogens (tertiary/aromatic N) is 2. The summed E-state index contributed by atoms with van der Waals surface area (Å²) in [6, 6.07) is 3.96. The van der Waals surface area contributed by atoms with Gasteiger partial charge in [-0.3, -0.25) is 4.79 Å². The lowest BCUT2D eigenvalue weighted by Gasteiger charge is -2.30. The first kappa shape index (κ1) is 25.2. The van der Waals surface area contributed by atoms with Crippen LogP contribution in [-0.2, 0) is 21.2 Å². The van der Waals surface area contributed by atoms with Crippen molar-refractivity contribution in [2.75, 3.05) is 6.54 Å². The van der Waals surface area contributed by atoms with E-state index < -0.39 is 57.7 Å². The van der Waals surface area contributed by atoms with Gasteiger partial charge in [-0.2, -0.15) is 4.98 Å². The summed E-state index contributed by atoms with van der Waals surface area (Å²) >= 11 is 0. The van der Waals surface area contributed by atoms with E-state index >= 15 is 13.2 Å². The Kier molecular flexibility index (Phi) is 6.47. The number of carbonyl (C=O) groups is 1. The third-order valence-corrected chi connectivity index (χ3v) is 7.99. The molecule has 190 valence electrons. The second kappa shape index (κ2) is 8.98. The number of benzene rings is 1. The molecule has 3 atom stereocenters. The lowest BCUT2D eigenvalue weighted by atomic mass is 9.98. The van der Waals surface area contributed by atoms with Gasteiger partial charge in [0.15, 0.2) is 17.7 Å². The number of nitrogens with one attached hydrogen (secondary N) is 1. The molecule has 0 saturated carbocycles. The number of halogens is 3. The predicted octanol–water partition coefficient (Wildman–Crippen LogP) is 3.19. The van der Waals surface area contributed by atoms with Gasteiger partial charge in [0, 0.05) is 11.6 Å². The van der Waals surface area contributed by atoms with Crippen LogP contribution in [0.4, 0.5) is 13.2 Å². The molecule has 8 nitrogen and oxygen atoms in total. The van der Waals surface area contributed by atoms with Crippen LogP contribution in [0, 0.1) is 12.7 Å². The van der Waals surface area contributed by atoms with Gasteiger partial charge in [0.25, 0.3) is 11.8 Å². The average molecular weight is 514 g/mol. The molecule has 1 N–H and O–H groups in total. The van der Waals surface area contributed by atoms with E-state index in [0.29, 0.717) is 5.56 Å². The second-order valence-corrected chi connectivity index (χ2v) is 11.3. The number of rotatable bonds is 3. The van der Waals surface area contributed by atoms with E-state index in [1.807, 2.05) is 0 Å². The normalized spacial score (nSPS) is 24.1. The summed E-state index contributed by atoms with van der Waals surface area (Å²) in [5.74, 6) is -5.38. The summed E-state index contributed by atoms with van der Waals surface area (Å²) in [5.41, 5.74) is 0.567. The number of sulfonamides is 1. The van der Waals surface area contributed by atoms with Gasteiger partial charge < -0.3 is 14.4 Å². The van der Waals surface area contributed by atoms with Crippen molar-refractivity contribution in [2.24, 2.45) is 0 Å². The van der Waals surface area contributed by atoms with Gasteiger partial charge in [-0.05, 0) is 51.8 Å². The Hall–Kier alpha value is -2.86.